The van der Waals surface area contributed by atoms with E-state index in [0.717, 1.165) is 37.6 Å². The van der Waals surface area contributed by atoms with E-state index >= 15 is 0 Å². The number of hydrogen-bond donors (Lipinski definition) is 1. The van der Waals surface area contributed by atoms with E-state index in [-0.39, 0.29) is 5.91 Å². The molecular weight excluding hydrogens is 288 g/mol. The van der Waals surface area contributed by atoms with Crippen molar-refractivity contribution in [2.75, 3.05) is 31.2 Å². The van der Waals surface area contributed by atoms with Crippen molar-refractivity contribution in [3.8, 4) is 0 Å². The van der Waals surface area contributed by atoms with E-state index < -0.39 is 0 Å². The molecule has 3 rings (SSSR count). The van der Waals surface area contributed by atoms with Crippen LogP contribution in [-0.2, 0) is 11.3 Å². The maximum Gasteiger partial charge on any atom is 0.251 e. The van der Waals surface area contributed by atoms with Crippen LogP contribution < -0.4 is 10.2 Å². The van der Waals surface area contributed by atoms with Gasteiger partial charge in [-0.25, -0.2) is 0 Å². The van der Waals surface area contributed by atoms with Gasteiger partial charge in [0.1, 0.15) is 0 Å². The van der Waals surface area contributed by atoms with E-state index in [1.165, 1.54) is 5.56 Å². The molecule has 0 radical (unpaired) electrons. The zero-order valence-corrected chi connectivity index (χ0v) is 13.4. The van der Waals surface area contributed by atoms with Crippen LogP contribution in [0.5, 0.6) is 0 Å². The summed E-state index contributed by atoms with van der Waals surface area (Å²) in [4.78, 5) is 14.5. The third-order valence-corrected chi connectivity index (χ3v) is 4.04. The smallest absolute Gasteiger partial charge is 0.251 e. The first-order valence-corrected chi connectivity index (χ1v) is 7.99. The van der Waals surface area contributed by atoms with Crippen molar-refractivity contribution in [1.82, 2.24) is 5.32 Å². The molecule has 0 aromatic heterocycles. The zero-order chi connectivity index (χ0) is 16.1. The van der Waals surface area contributed by atoms with Gasteiger partial charge in [-0.05, 0) is 36.8 Å². The summed E-state index contributed by atoms with van der Waals surface area (Å²) in [6, 6.07) is 16.0. The van der Waals surface area contributed by atoms with E-state index in [2.05, 4.69) is 29.3 Å². The molecular formula is C19H22N2O2. The minimum atomic E-state index is -0.0416. The normalized spacial score (nSPS) is 14.6. The monoisotopic (exact) mass is 310 g/mol. The fourth-order valence-corrected chi connectivity index (χ4v) is 2.75. The van der Waals surface area contributed by atoms with Gasteiger partial charge in [-0.15, -0.1) is 0 Å². The quantitative estimate of drug-likeness (QED) is 0.944. The Morgan fingerprint density at radius 1 is 1.13 bits per heavy atom. The summed E-state index contributed by atoms with van der Waals surface area (Å²) in [6.07, 6.45) is 0. The van der Waals surface area contributed by atoms with Crippen LogP contribution >= 0.6 is 0 Å². The molecule has 0 unspecified atom stereocenters. The van der Waals surface area contributed by atoms with Crippen molar-refractivity contribution < 1.29 is 9.53 Å². The second kappa shape index (κ2) is 7.29. The van der Waals surface area contributed by atoms with Gasteiger partial charge in [-0.1, -0.05) is 29.8 Å². The first kappa shape index (κ1) is 15.6. The third-order valence-electron chi connectivity index (χ3n) is 4.04. The van der Waals surface area contributed by atoms with Gasteiger partial charge >= 0.3 is 0 Å². The van der Waals surface area contributed by atoms with Crippen molar-refractivity contribution in [3.05, 3.63) is 65.2 Å². The highest BCUT2D eigenvalue weighted by Crippen LogP contribution is 2.16. The second-order valence-corrected chi connectivity index (χ2v) is 5.82. The number of aryl methyl sites for hydroxylation is 1. The Morgan fingerprint density at radius 3 is 2.57 bits per heavy atom. The average molecular weight is 310 g/mol. The molecule has 1 N–H and O–H groups in total. The van der Waals surface area contributed by atoms with Gasteiger partial charge in [-0.3, -0.25) is 4.79 Å². The Labute approximate surface area is 137 Å². The highest BCUT2D eigenvalue weighted by molar-refractivity contribution is 5.94. The van der Waals surface area contributed by atoms with Crippen LogP contribution in [0, 0.1) is 6.92 Å². The number of rotatable bonds is 4. The van der Waals surface area contributed by atoms with Gasteiger partial charge in [0.2, 0.25) is 0 Å². The Bertz CT molecular complexity index is 661. The van der Waals surface area contributed by atoms with Gasteiger partial charge in [0, 0.05) is 30.9 Å². The van der Waals surface area contributed by atoms with E-state index in [4.69, 9.17) is 4.74 Å². The SMILES string of the molecule is Cc1cccc(CNC(=O)c2ccc(N3CCOCC3)cc2)c1. The summed E-state index contributed by atoms with van der Waals surface area (Å²) in [5.41, 5.74) is 4.15. The molecule has 2 aromatic rings. The zero-order valence-electron chi connectivity index (χ0n) is 13.4. The van der Waals surface area contributed by atoms with Crippen LogP contribution in [-0.4, -0.2) is 32.2 Å². The number of carbonyl (C=O) groups is 1. The Balaban J connectivity index is 1.59. The van der Waals surface area contributed by atoms with Gasteiger partial charge < -0.3 is 15.0 Å². The predicted octanol–water partition coefficient (Wildman–Crippen LogP) is 2.76. The molecule has 1 heterocycles. The molecule has 2 aromatic carbocycles. The number of ether oxygens (including phenoxy) is 1. The molecule has 23 heavy (non-hydrogen) atoms. The van der Waals surface area contributed by atoms with Crippen LogP contribution in [0.3, 0.4) is 0 Å². The number of anilines is 1. The van der Waals surface area contributed by atoms with Crippen LogP contribution in [0.2, 0.25) is 0 Å². The molecule has 4 nitrogen and oxygen atoms in total. The number of amides is 1. The molecule has 1 saturated heterocycles. The molecule has 0 aliphatic carbocycles. The number of hydrogen-bond acceptors (Lipinski definition) is 3. The van der Waals surface area contributed by atoms with Crippen LogP contribution in [0.25, 0.3) is 0 Å². The number of nitrogens with one attached hydrogen (secondary N) is 1. The standard InChI is InChI=1S/C19H22N2O2/c1-15-3-2-4-16(13-15)14-20-19(22)17-5-7-18(8-6-17)21-9-11-23-12-10-21/h2-8,13H,9-12,14H2,1H3,(H,20,22). The highest BCUT2D eigenvalue weighted by Gasteiger charge is 2.12. The Morgan fingerprint density at radius 2 is 1.87 bits per heavy atom. The summed E-state index contributed by atoms with van der Waals surface area (Å²) in [5.74, 6) is -0.0416. The fourth-order valence-electron chi connectivity index (χ4n) is 2.75. The van der Waals surface area contributed by atoms with Crippen molar-refractivity contribution in [2.24, 2.45) is 0 Å². The van der Waals surface area contributed by atoms with Gasteiger partial charge in [0.15, 0.2) is 0 Å². The number of carbonyl (C=O) groups excluding carboxylic acids is 1. The van der Waals surface area contributed by atoms with Gasteiger partial charge in [0.25, 0.3) is 5.91 Å². The second-order valence-electron chi connectivity index (χ2n) is 5.82. The summed E-state index contributed by atoms with van der Waals surface area (Å²) < 4.78 is 5.36. The minimum absolute atomic E-state index is 0.0416. The molecule has 120 valence electrons. The summed E-state index contributed by atoms with van der Waals surface area (Å²) in [5, 5.41) is 2.97. The Kier molecular flexibility index (Phi) is 4.93. The van der Waals surface area contributed by atoms with Gasteiger partial charge in [-0.2, -0.15) is 0 Å². The van der Waals surface area contributed by atoms with E-state index in [9.17, 15) is 4.79 Å². The maximum atomic E-state index is 12.2. The van der Waals surface area contributed by atoms with E-state index in [1.807, 2.05) is 36.4 Å². The highest BCUT2D eigenvalue weighted by atomic mass is 16.5. The first-order valence-electron chi connectivity index (χ1n) is 7.99. The van der Waals surface area contributed by atoms with Crippen LogP contribution in [0.1, 0.15) is 21.5 Å². The van der Waals surface area contributed by atoms with Crippen molar-refractivity contribution in [3.63, 3.8) is 0 Å². The molecule has 0 atom stereocenters. The third kappa shape index (κ3) is 4.11. The van der Waals surface area contributed by atoms with Crippen molar-refractivity contribution in [1.29, 1.82) is 0 Å². The average Bonchev–Trinajstić information content (AvgIpc) is 2.61. The van der Waals surface area contributed by atoms with E-state index in [1.54, 1.807) is 0 Å². The topological polar surface area (TPSA) is 41.6 Å². The molecule has 0 bridgehead atoms. The minimum Gasteiger partial charge on any atom is -0.378 e. The molecule has 1 fully saturated rings. The first-order chi connectivity index (χ1) is 11.2. The lowest BCUT2D eigenvalue weighted by molar-refractivity contribution is 0.0951. The maximum absolute atomic E-state index is 12.2. The van der Waals surface area contributed by atoms with Crippen molar-refractivity contribution >= 4 is 11.6 Å². The molecule has 4 heteroatoms. The lowest BCUT2D eigenvalue weighted by Gasteiger charge is -2.28. The Hall–Kier alpha value is -2.33. The number of morpholine rings is 1. The number of benzene rings is 2. The van der Waals surface area contributed by atoms with Crippen LogP contribution in [0.4, 0.5) is 5.69 Å². The molecule has 1 aliphatic rings. The lowest BCUT2D eigenvalue weighted by atomic mass is 10.1. The summed E-state index contributed by atoms with van der Waals surface area (Å²) in [6.45, 7) is 5.93. The molecule has 1 amide bonds. The summed E-state index contributed by atoms with van der Waals surface area (Å²) >= 11 is 0. The molecule has 0 spiro atoms. The lowest BCUT2D eigenvalue weighted by Crippen LogP contribution is -2.36. The predicted molar refractivity (Wildman–Crippen MR) is 91.8 cm³/mol. The fraction of sp³-hybridized carbons (Fsp3) is 0.316. The number of nitrogens with zero attached hydrogens (tertiary/aromatic N) is 1. The summed E-state index contributed by atoms with van der Waals surface area (Å²) in [7, 11) is 0. The molecule has 0 saturated carbocycles. The van der Waals surface area contributed by atoms with Gasteiger partial charge in [0.05, 0.1) is 13.2 Å². The largest absolute Gasteiger partial charge is 0.378 e. The van der Waals surface area contributed by atoms with Crippen molar-refractivity contribution in [2.45, 2.75) is 13.5 Å². The van der Waals surface area contributed by atoms with E-state index in [0.29, 0.717) is 12.1 Å². The van der Waals surface area contributed by atoms with Crippen LogP contribution in [0.15, 0.2) is 48.5 Å². The molecule has 1 aliphatic heterocycles.